The van der Waals surface area contributed by atoms with E-state index in [9.17, 15) is 17.6 Å². The Bertz CT molecular complexity index is 712. The van der Waals surface area contributed by atoms with E-state index in [1.165, 1.54) is 24.5 Å². The van der Waals surface area contributed by atoms with Crippen LogP contribution in [-0.4, -0.2) is 14.3 Å². The Labute approximate surface area is 113 Å². The number of amides is 1. The summed E-state index contributed by atoms with van der Waals surface area (Å²) in [5.74, 6) is -2.23. The minimum Gasteiger partial charge on any atom is -0.459 e. The predicted octanol–water partition coefficient (Wildman–Crippen LogP) is 2.19. The van der Waals surface area contributed by atoms with Crippen LogP contribution in [0.15, 0.2) is 45.9 Å². The van der Waals surface area contributed by atoms with Gasteiger partial charge >= 0.3 is 5.91 Å². The standard InChI is InChI=1S/C11H7ClFNO4S/c12-7-3-4-10(8(13)6-7)19(16,17)14-11(15)9-2-1-5-18-9/h1-6H,(H,14,15). The SMILES string of the molecule is O=C(NS(=O)(=O)c1ccc(Cl)cc1F)c1ccco1. The summed E-state index contributed by atoms with van der Waals surface area (Å²) in [6, 6.07) is 5.72. The van der Waals surface area contributed by atoms with E-state index in [1.807, 2.05) is 0 Å². The number of hydrogen-bond acceptors (Lipinski definition) is 4. The normalized spacial score (nSPS) is 11.3. The fraction of sp³-hybridized carbons (Fsp3) is 0. The summed E-state index contributed by atoms with van der Waals surface area (Å²) >= 11 is 5.52. The minimum atomic E-state index is -4.33. The Morgan fingerprint density at radius 2 is 2.05 bits per heavy atom. The lowest BCUT2D eigenvalue weighted by atomic mass is 10.3. The zero-order chi connectivity index (χ0) is 14.0. The molecule has 0 aliphatic rings. The second-order valence-corrected chi connectivity index (χ2v) is 5.57. The molecule has 0 spiro atoms. The largest absolute Gasteiger partial charge is 0.459 e. The summed E-state index contributed by atoms with van der Waals surface area (Å²) in [5.41, 5.74) is 0. The third-order valence-electron chi connectivity index (χ3n) is 2.16. The Kier molecular flexibility index (Phi) is 3.59. The Morgan fingerprint density at radius 1 is 1.32 bits per heavy atom. The van der Waals surface area contributed by atoms with Gasteiger partial charge in [-0.1, -0.05) is 11.6 Å². The van der Waals surface area contributed by atoms with Gasteiger partial charge in [-0.15, -0.1) is 0 Å². The van der Waals surface area contributed by atoms with Crippen LogP contribution < -0.4 is 4.72 Å². The molecule has 1 amide bonds. The molecule has 2 aromatic rings. The third-order valence-corrected chi connectivity index (χ3v) is 3.75. The highest BCUT2D eigenvalue weighted by molar-refractivity contribution is 7.90. The van der Waals surface area contributed by atoms with Crippen molar-refractivity contribution in [2.45, 2.75) is 4.90 Å². The average molecular weight is 304 g/mol. The number of benzene rings is 1. The first-order chi connectivity index (χ1) is 8.90. The lowest BCUT2D eigenvalue weighted by molar-refractivity contribution is 0.0954. The van der Waals surface area contributed by atoms with Crippen molar-refractivity contribution in [3.05, 3.63) is 53.2 Å². The minimum absolute atomic E-state index is 0.0498. The maximum atomic E-state index is 13.5. The van der Waals surface area contributed by atoms with Crippen molar-refractivity contribution >= 4 is 27.5 Å². The van der Waals surface area contributed by atoms with Crippen molar-refractivity contribution in [3.63, 3.8) is 0 Å². The maximum Gasteiger partial charge on any atom is 0.300 e. The first-order valence-corrected chi connectivity index (χ1v) is 6.82. The molecule has 0 atom stereocenters. The van der Waals surface area contributed by atoms with Crippen molar-refractivity contribution in [2.75, 3.05) is 0 Å². The molecule has 1 N–H and O–H groups in total. The van der Waals surface area contributed by atoms with Crippen LogP contribution in [0.3, 0.4) is 0 Å². The van der Waals surface area contributed by atoms with Crippen molar-refractivity contribution in [2.24, 2.45) is 0 Å². The molecule has 0 saturated heterocycles. The van der Waals surface area contributed by atoms with E-state index in [-0.39, 0.29) is 10.8 Å². The molecule has 0 unspecified atom stereocenters. The second-order valence-electron chi connectivity index (χ2n) is 3.49. The summed E-state index contributed by atoms with van der Waals surface area (Å²) in [4.78, 5) is 10.9. The summed E-state index contributed by atoms with van der Waals surface area (Å²) in [5, 5.41) is 0.0498. The van der Waals surface area contributed by atoms with Gasteiger partial charge in [0.15, 0.2) is 5.76 Å². The van der Waals surface area contributed by atoms with E-state index in [0.29, 0.717) is 0 Å². The number of carbonyl (C=O) groups excluding carboxylic acids is 1. The van der Waals surface area contributed by atoms with Gasteiger partial charge in [-0.25, -0.2) is 17.5 Å². The number of furan rings is 1. The molecule has 0 saturated carbocycles. The molecule has 0 bridgehead atoms. The molecule has 0 fully saturated rings. The number of rotatable bonds is 3. The van der Waals surface area contributed by atoms with Gasteiger partial charge in [-0.3, -0.25) is 4.79 Å². The molecule has 1 aromatic carbocycles. The van der Waals surface area contributed by atoms with Crippen LogP contribution in [0.1, 0.15) is 10.6 Å². The lowest BCUT2D eigenvalue weighted by Gasteiger charge is -2.06. The summed E-state index contributed by atoms with van der Waals surface area (Å²) < 4.78 is 43.6. The first-order valence-electron chi connectivity index (χ1n) is 4.96. The van der Waals surface area contributed by atoms with E-state index in [2.05, 4.69) is 0 Å². The van der Waals surface area contributed by atoms with Crippen LogP contribution in [0, 0.1) is 5.82 Å². The molecule has 0 aliphatic carbocycles. The van der Waals surface area contributed by atoms with E-state index in [4.69, 9.17) is 16.0 Å². The van der Waals surface area contributed by atoms with Crippen molar-refractivity contribution in [1.82, 2.24) is 4.72 Å². The predicted molar refractivity (Wildman–Crippen MR) is 64.8 cm³/mol. The molecular formula is C11H7ClFNO4S. The molecule has 0 aliphatic heterocycles. The fourth-order valence-electron chi connectivity index (χ4n) is 1.33. The van der Waals surface area contributed by atoms with Crippen LogP contribution in [-0.2, 0) is 10.0 Å². The molecule has 5 nitrogen and oxygen atoms in total. The molecular weight excluding hydrogens is 297 g/mol. The number of halogens is 2. The van der Waals surface area contributed by atoms with Gasteiger partial charge in [0.1, 0.15) is 10.7 Å². The van der Waals surface area contributed by atoms with Gasteiger partial charge in [-0.2, -0.15) is 0 Å². The molecule has 1 heterocycles. The Hall–Kier alpha value is -1.86. The molecule has 19 heavy (non-hydrogen) atoms. The molecule has 100 valence electrons. The van der Waals surface area contributed by atoms with Gasteiger partial charge in [-0.05, 0) is 30.3 Å². The van der Waals surface area contributed by atoms with Gasteiger partial charge in [0.25, 0.3) is 10.0 Å². The number of hydrogen-bond donors (Lipinski definition) is 1. The van der Waals surface area contributed by atoms with Crippen molar-refractivity contribution in [1.29, 1.82) is 0 Å². The van der Waals surface area contributed by atoms with Crippen LogP contribution >= 0.6 is 11.6 Å². The molecule has 1 aromatic heterocycles. The van der Waals surface area contributed by atoms with Gasteiger partial charge < -0.3 is 4.42 Å². The summed E-state index contributed by atoms with van der Waals surface area (Å²) in [7, 11) is -4.33. The Balaban J connectivity index is 2.30. The number of carbonyl (C=O) groups is 1. The van der Waals surface area contributed by atoms with E-state index in [1.54, 1.807) is 4.72 Å². The summed E-state index contributed by atoms with van der Waals surface area (Å²) in [6.45, 7) is 0. The zero-order valence-corrected chi connectivity index (χ0v) is 10.8. The van der Waals surface area contributed by atoms with Crippen LogP contribution in [0.4, 0.5) is 4.39 Å². The third kappa shape index (κ3) is 2.94. The zero-order valence-electron chi connectivity index (χ0n) is 9.26. The first kappa shape index (κ1) is 13.6. The van der Waals surface area contributed by atoms with E-state index >= 15 is 0 Å². The smallest absolute Gasteiger partial charge is 0.300 e. The topological polar surface area (TPSA) is 76.4 Å². The van der Waals surface area contributed by atoms with E-state index in [0.717, 1.165) is 12.1 Å². The van der Waals surface area contributed by atoms with Crippen LogP contribution in [0.5, 0.6) is 0 Å². The van der Waals surface area contributed by atoms with Gasteiger partial charge in [0.2, 0.25) is 0 Å². The molecule has 2 rings (SSSR count). The van der Waals surface area contributed by atoms with Crippen molar-refractivity contribution in [3.8, 4) is 0 Å². The highest BCUT2D eigenvalue weighted by Gasteiger charge is 2.23. The quantitative estimate of drug-likeness (QED) is 0.943. The highest BCUT2D eigenvalue weighted by Crippen LogP contribution is 2.19. The van der Waals surface area contributed by atoms with E-state index < -0.39 is 26.6 Å². The molecule has 0 radical (unpaired) electrons. The van der Waals surface area contributed by atoms with Crippen LogP contribution in [0.2, 0.25) is 5.02 Å². The average Bonchev–Trinajstić information content (AvgIpc) is 2.80. The number of sulfonamides is 1. The highest BCUT2D eigenvalue weighted by atomic mass is 35.5. The van der Waals surface area contributed by atoms with Crippen molar-refractivity contribution < 1.29 is 22.0 Å². The maximum absolute atomic E-state index is 13.5. The molecule has 8 heteroatoms. The van der Waals surface area contributed by atoms with Gasteiger partial charge in [0, 0.05) is 5.02 Å². The lowest BCUT2D eigenvalue weighted by Crippen LogP contribution is -2.30. The summed E-state index contributed by atoms with van der Waals surface area (Å²) in [6.07, 6.45) is 1.21. The Morgan fingerprint density at radius 3 is 2.63 bits per heavy atom. The second kappa shape index (κ2) is 5.02. The van der Waals surface area contributed by atoms with Gasteiger partial charge in [0.05, 0.1) is 6.26 Å². The number of nitrogens with one attached hydrogen (secondary N) is 1. The van der Waals surface area contributed by atoms with Crippen LogP contribution in [0.25, 0.3) is 0 Å². The fourth-order valence-corrected chi connectivity index (χ4v) is 2.50. The monoisotopic (exact) mass is 303 g/mol.